The second-order valence-corrected chi connectivity index (χ2v) is 4.73. The minimum atomic E-state index is -0.610. The highest BCUT2D eigenvalue weighted by Gasteiger charge is 2.25. The number of rotatable bonds is 3. The average Bonchev–Trinajstić information content (AvgIpc) is 2.39. The largest absolute Gasteiger partial charge is 0.496 e. The van der Waals surface area contributed by atoms with Crippen molar-refractivity contribution in [2.75, 3.05) is 7.11 Å². The van der Waals surface area contributed by atoms with Gasteiger partial charge in [-0.3, -0.25) is 0 Å². The van der Waals surface area contributed by atoms with Gasteiger partial charge in [0, 0.05) is 5.56 Å². The zero-order valence-electron chi connectivity index (χ0n) is 10.2. The summed E-state index contributed by atoms with van der Waals surface area (Å²) in [6, 6.07) is 4.32. The van der Waals surface area contributed by atoms with Crippen LogP contribution in [0.15, 0.2) is 18.2 Å². The Hall–Kier alpha value is -1.09. The molecule has 1 unspecified atom stereocenters. The molecular weight excluding hydrogens is 219 g/mol. The first-order valence-electron chi connectivity index (χ1n) is 6.24. The summed E-state index contributed by atoms with van der Waals surface area (Å²) in [4.78, 5) is 0. The van der Waals surface area contributed by atoms with Gasteiger partial charge in [0.1, 0.15) is 11.6 Å². The van der Waals surface area contributed by atoms with Crippen molar-refractivity contribution >= 4 is 0 Å². The first-order valence-corrected chi connectivity index (χ1v) is 6.24. The predicted octanol–water partition coefficient (Wildman–Crippen LogP) is 3.45. The zero-order valence-corrected chi connectivity index (χ0v) is 10.2. The Balaban J connectivity index is 2.21. The maximum atomic E-state index is 13.2. The summed E-state index contributed by atoms with van der Waals surface area (Å²) in [5.41, 5.74) is 0.583. The normalized spacial score (nSPS) is 19.0. The molecule has 1 aromatic rings. The van der Waals surface area contributed by atoms with Crippen LogP contribution < -0.4 is 4.74 Å². The van der Waals surface area contributed by atoms with Crippen LogP contribution in [0.25, 0.3) is 0 Å². The molecule has 0 bridgehead atoms. The van der Waals surface area contributed by atoms with Gasteiger partial charge in [0.15, 0.2) is 0 Å². The van der Waals surface area contributed by atoms with E-state index in [1.807, 2.05) is 0 Å². The van der Waals surface area contributed by atoms with Crippen molar-refractivity contribution in [1.82, 2.24) is 0 Å². The number of aliphatic hydroxyl groups is 1. The van der Waals surface area contributed by atoms with Crippen LogP contribution in [0.4, 0.5) is 4.39 Å². The number of halogens is 1. The molecule has 1 fully saturated rings. The maximum absolute atomic E-state index is 13.2. The minimum Gasteiger partial charge on any atom is -0.496 e. The van der Waals surface area contributed by atoms with Gasteiger partial charge in [0.05, 0.1) is 13.2 Å². The predicted molar refractivity (Wildman–Crippen MR) is 64.5 cm³/mol. The Morgan fingerprint density at radius 2 is 2.00 bits per heavy atom. The van der Waals surface area contributed by atoms with Crippen molar-refractivity contribution in [2.45, 2.75) is 38.2 Å². The van der Waals surface area contributed by atoms with Gasteiger partial charge in [-0.15, -0.1) is 0 Å². The number of aliphatic hydroxyl groups excluding tert-OH is 1. The van der Waals surface area contributed by atoms with Crippen LogP contribution in [-0.2, 0) is 0 Å². The third kappa shape index (κ3) is 2.78. The Morgan fingerprint density at radius 3 is 2.65 bits per heavy atom. The first-order chi connectivity index (χ1) is 8.22. The Labute approximate surface area is 101 Å². The van der Waals surface area contributed by atoms with Gasteiger partial charge in [0.2, 0.25) is 0 Å². The van der Waals surface area contributed by atoms with E-state index in [0.717, 1.165) is 25.7 Å². The van der Waals surface area contributed by atoms with Crippen LogP contribution in [0.5, 0.6) is 5.75 Å². The number of methoxy groups -OCH3 is 1. The standard InChI is InChI=1S/C14H19FO2/c1-17-13-8-7-11(15)9-12(13)14(16)10-5-3-2-4-6-10/h7-10,14,16H,2-6H2,1H3. The second kappa shape index (κ2) is 5.50. The Bertz CT molecular complexity index is 372. The van der Waals surface area contributed by atoms with Crippen molar-refractivity contribution in [3.63, 3.8) is 0 Å². The van der Waals surface area contributed by atoms with Crippen LogP contribution in [0, 0.1) is 11.7 Å². The number of ether oxygens (including phenoxy) is 1. The quantitative estimate of drug-likeness (QED) is 0.874. The Kier molecular flexibility index (Phi) is 4.00. The summed E-state index contributed by atoms with van der Waals surface area (Å²) in [6.07, 6.45) is 4.96. The van der Waals surface area contributed by atoms with E-state index in [1.54, 1.807) is 13.2 Å². The molecule has 2 nitrogen and oxygen atoms in total. The average molecular weight is 238 g/mol. The zero-order chi connectivity index (χ0) is 12.3. The smallest absolute Gasteiger partial charge is 0.124 e. The van der Waals surface area contributed by atoms with E-state index in [2.05, 4.69) is 0 Å². The lowest BCUT2D eigenvalue weighted by atomic mass is 9.82. The lowest BCUT2D eigenvalue weighted by molar-refractivity contribution is 0.0822. The van der Waals surface area contributed by atoms with E-state index in [4.69, 9.17) is 4.74 Å². The molecule has 1 atom stereocenters. The SMILES string of the molecule is COc1ccc(F)cc1C(O)C1CCCCC1. The fraction of sp³-hybridized carbons (Fsp3) is 0.571. The van der Waals surface area contributed by atoms with Crippen molar-refractivity contribution < 1.29 is 14.2 Å². The highest BCUT2D eigenvalue weighted by molar-refractivity contribution is 5.36. The van der Waals surface area contributed by atoms with Crippen LogP contribution in [-0.4, -0.2) is 12.2 Å². The highest BCUT2D eigenvalue weighted by Crippen LogP contribution is 2.37. The molecule has 0 heterocycles. The lowest BCUT2D eigenvalue weighted by Gasteiger charge is -2.27. The summed E-state index contributed by atoms with van der Waals surface area (Å²) in [5.74, 6) is 0.486. The van der Waals surface area contributed by atoms with Crippen LogP contribution in [0.1, 0.15) is 43.8 Å². The molecule has 2 rings (SSSR count). The van der Waals surface area contributed by atoms with E-state index < -0.39 is 6.10 Å². The monoisotopic (exact) mass is 238 g/mol. The molecule has 3 heteroatoms. The molecule has 0 amide bonds. The molecule has 1 aromatic carbocycles. The van der Waals surface area contributed by atoms with E-state index >= 15 is 0 Å². The van der Waals surface area contributed by atoms with E-state index in [0.29, 0.717) is 11.3 Å². The summed E-state index contributed by atoms with van der Waals surface area (Å²) < 4.78 is 18.4. The molecule has 0 radical (unpaired) electrons. The molecule has 1 saturated carbocycles. The summed E-state index contributed by atoms with van der Waals surface area (Å²) in [5, 5.41) is 10.3. The Morgan fingerprint density at radius 1 is 1.29 bits per heavy atom. The third-order valence-corrected chi connectivity index (χ3v) is 3.61. The van der Waals surface area contributed by atoms with Gasteiger partial charge < -0.3 is 9.84 Å². The van der Waals surface area contributed by atoms with Crippen LogP contribution in [0.2, 0.25) is 0 Å². The van der Waals surface area contributed by atoms with Crippen molar-refractivity contribution in [2.24, 2.45) is 5.92 Å². The number of hydrogen-bond acceptors (Lipinski definition) is 2. The van der Waals surface area contributed by atoms with Gasteiger partial charge in [-0.1, -0.05) is 19.3 Å². The van der Waals surface area contributed by atoms with Gasteiger partial charge in [-0.25, -0.2) is 4.39 Å². The topological polar surface area (TPSA) is 29.5 Å². The molecule has 1 N–H and O–H groups in total. The second-order valence-electron chi connectivity index (χ2n) is 4.73. The van der Waals surface area contributed by atoms with E-state index in [9.17, 15) is 9.50 Å². The number of benzene rings is 1. The molecule has 17 heavy (non-hydrogen) atoms. The molecule has 1 aliphatic carbocycles. The third-order valence-electron chi connectivity index (χ3n) is 3.61. The molecule has 1 aliphatic rings. The fourth-order valence-electron chi connectivity index (χ4n) is 2.64. The van der Waals surface area contributed by atoms with Gasteiger partial charge in [0.25, 0.3) is 0 Å². The summed E-state index contributed by atoms with van der Waals surface area (Å²) in [7, 11) is 1.55. The molecular formula is C14H19FO2. The van der Waals surface area contributed by atoms with Crippen molar-refractivity contribution in [3.05, 3.63) is 29.6 Å². The minimum absolute atomic E-state index is 0.236. The molecule has 0 spiro atoms. The van der Waals surface area contributed by atoms with E-state index in [-0.39, 0.29) is 11.7 Å². The van der Waals surface area contributed by atoms with Gasteiger partial charge in [-0.2, -0.15) is 0 Å². The summed E-state index contributed by atoms with van der Waals surface area (Å²) >= 11 is 0. The molecule has 0 aromatic heterocycles. The van der Waals surface area contributed by atoms with Gasteiger partial charge >= 0.3 is 0 Å². The van der Waals surface area contributed by atoms with Gasteiger partial charge in [-0.05, 0) is 37.0 Å². The van der Waals surface area contributed by atoms with E-state index in [1.165, 1.54) is 18.6 Å². The lowest BCUT2D eigenvalue weighted by Crippen LogP contribution is -2.16. The number of hydrogen-bond donors (Lipinski definition) is 1. The first kappa shape index (κ1) is 12.4. The maximum Gasteiger partial charge on any atom is 0.124 e. The fourth-order valence-corrected chi connectivity index (χ4v) is 2.64. The molecule has 0 aliphatic heterocycles. The van der Waals surface area contributed by atoms with Crippen LogP contribution >= 0.6 is 0 Å². The summed E-state index contributed by atoms with van der Waals surface area (Å²) in [6.45, 7) is 0. The highest BCUT2D eigenvalue weighted by atomic mass is 19.1. The molecule has 94 valence electrons. The van der Waals surface area contributed by atoms with Crippen LogP contribution in [0.3, 0.4) is 0 Å². The van der Waals surface area contributed by atoms with Crippen molar-refractivity contribution in [3.8, 4) is 5.75 Å². The molecule has 0 saturated heterocycles. The van der Waals surface area contributed by atoms with Crippen molar-refractivity contribution in [1.29, 1.82) is 0 Å².